The summed E-state index contributed by atoms with van der Waals surface area (Å²) < 4.78 is 22.7. The molecule has 20 heavy (non-hydrogen) atoms. The van der Waals surface area contributed by atoms with Gasteiger partial charge in [-0.05, 0) is 42.5 Å². The van der Waals surface area contributed by atoms with E-state index in [1.165, 1.54) is 18.0 Å². The number of rotatable bonds is 4. The number of hydrogen-bond donors (Lipinski definition) is 0. The van der Waals surface area contributed by atoms with Crippen LogP contribution in [0.15, 0.2) is 57.2 Å². The first kappa shape index (κ1) is 15.1. The Morgan fingerprint density at radius 3 is 2.15 bits per heavy atom. The molecule has 0 bridgehead atoms. The molecule has 0 spiro atoms. The maximum absolute atomic E-state index is 11.4. The standard InChI is InChI=1S/C14H11ClO3S2/c1-20(17,18)13-6-4-11(5-7-13)19-12-3-2-10(9-16)14(15)8-12/h2-9H,1H3. The lowest BCUT2D eigenvalue weighted by Crippen LogP contribution is -1.95. The van der Waals surface area contributed by atoms with Gasteiger partial charge in [-0.2, -0.15) is 0 Å². The van der Waals surface area contributed by atoms with Crippen molar-refractivity contribution >= 4 is 39.5 Å². The molecule has 0 radical (unpaired) electrons. The van der Waals surface area contributed by atoms with E-state index in [4.69, 9.17) is 11.6 Å². The van der Waals surface area contributed by atoms with Gasteiger partial charge in [0.25, 0.3) is 0 Å². The summed E-state index contributed by atoms with van der Waals surface area (Å²) >= 11 is 7.40. The van der Waals surface area contributed by atoms with Gasteiger partial charge in [-0.15, -0.1) is 0 Å². The minimum atomic E-state index is -3.18. The Bertz CT molecular complexity index is 738. The van der Waals surface area contributed by atoms with Crippen LogP contribution in [0.1, 0.15) is 10.4 Å². The number of benzene rings is 2. The Kier molecular flexibility index (Phi) is 4.52. The van der Waals surface area contributed by atoms with Crippen LogP contribution in [-0.4, -0.2) is 21.0 Å². The number of halogens is 1. The monoisotopic (exact) mass is 326 g/mol. The van der Waals surface area contributed by atoms with E-state index in [1.807, 2.05) is 0 Å². The molecule has 0 unspecified atom stereocenters. The van der Waals surface area contributed by atoms with Crippen molar-refractivity contribution in [1.29, 1.82) is 0 Å². The predicted molar refractivity (Wildman–Crippen MR) is 80.5 cm³/mol. The van der Waals surface area contributed by atoms with Crippen molar-refractivity contribution in [3.05, 3.63) is 53.1 Å². The van der Waals surface area contributed by atoms with E-state index in [1.54, 1.807) is 42.5 Å². The van der Waals surface area contributed by atoms with Crippen LogP contribution in [0, 0.1) is 0 Å². The van der Waals surface area contributed by atoms with Crippen molar-refractivity contribution in [3.8, 4) is 0 Å². The molecule has 3 nitrogen and oxygen atoms in total. The summed E-state index contributed by atoms with van der Waals surface area (Å²) in [6.07, 6.45) is 1.88. The van der Waals surface area contributed by atoms with Crippen LogP contribution < -0.4 is 0 Å². The first-order valence-corrected chi connectivity index (χ1v) is 8.71. The van der Waals surface area contributed by atoms with Crippen LogP contribution in [0.25, 0.3) is 0 Å². The Balaban J connectivity index is 2.22. The molecule has 0 amide bonds. The molecule has 0 fully saturated rings. The van der Waals surface area contributed by atoms with E-state index >= 15 is 0 Å². The van der Waals surface area contributed by atoms with Crippen molar-refractivity contribution in [3.63, 3.8) is 0 Å². The summed E-state index contributed by atoms with van der Waals surface area (Å²) in [5, 5.41) is 0.401. The van der Waals surface area contributed by atoms with E-state index in [0.717, 1.165) is 9.79 Å². The van der Waals surface area contributed by atoms with Gasteiger partial charge in [-0.25, -0.2) is 8.42 Å². The van der Waals surface area contributed by atoms with Gasteiger partial charge in [0.05, 0.1) is 9.92 Å². The van der Waals surface area contributed by atoms with Gasteiger partial charge in [0, 0.05) is 21.6 Å². The summed E-state index contributed by atoms with van der Waals surface area (Å²) in [4.78, 5) is 12.7. The third kappa shape index (κ3) is 3.62. The van der Waals surface area contributed by atoms with Crippen molar-refractivity contribution in [2.45, 2.75) is 14.7 Å². The van der Waals surface area contributed by atoms with Crippen molar-refractivity contribution < 1.29 is 13.2 Å². The molecular formula is C14H11ClO3S2. The first-order chi connectivity index (χ1) is 9.40. The largest absolute Gasteiger partial charge is 0.298 e. The van der Waals surface area contributed by atoms with Gasteiger partial charge in [-0.1, -0.05) is 23.4 Å². The van der Waals surface area contributed by atoms with Crippen molar-refractivity contribution in [2.75, 3.05) is 6.26 Å². The van der Waals surface area contributed by atoms with E-state index in [2.05, 4.69) is 0 Å². The third-order valence-electron chi connectivity index (χ3n) is 2.59. The molecule has 0 saturated heterocycles. The average Bonchev–Trinajstić information content (AvgIpc) is 2.38. The van der Waals surface area contributed by atoms with E-state index in [-0.39, 0.29) is 4.90 Å². The lowest BCUT2D eigenvalue weighted by atomic mass is 10.2. The number of sulfone groups is 1. The molecule has 2 aromatic carbocycles. The SMILES string of the molecule is CS(=O)(=O)c1ccc(Sc2ccc(C=O)c(Cl)c2)cc1. The highest BCUT2D eigenvalue weighted by molar-refractivity contribution is 7.99. The fraction of sp³-hybridized carbons (Fsp3) is 0.0714. The van der Waals surface area contributed by atoms with Crippen LogP contribution in [0.5, 0.6) is 0 Å². The zero-order chi connectivity index (χ0) is 14.8. The number of hydrogen-bond acceptors (Lipinski definition) is 4. The second-order valence-corrected chi connectivity index (χ2v) is 7.72. The quantitative estimate of drug-likeness (QED) is 0.804. The number of carbonyl (C=O) groups is 1. The third-order valence-corrected chi connectivity index (χ3v) is 5.04. The molecule has 0 N–H and O–H groups in total. The summed E-state index contributed by atoms with van der Waals surface area (Å²) in [7, 11) is -3.18. The minimum Gasteiger partial charge on any atom is -0.298 e. The molecule has 6 heteroatoms. The van der Waals surface area contributed by atoms with E-state index in [0.29, 0.717) is 16.9 Å². The average molecular weight is 327 g/mol. The molecule has 104 valence electrons. The van der Waals surface area contributed by atoms with Crippen LogP contribution in [0.2, 0.25) is 5.02 Å². The molecular weight excluding hydrogens is 316 g/mol. The summed E-state index contributed by atoms with van der Waals surface area (Å²) in [5.41, 5.74) is 0.448. The van der Waals surface area contributed by atoms with Crippen LogP contribution in [0.4, 0.5) is 0 Å². The predicted octanol–water partition coefficient (Wildman–Crippen LogP) is 3.71. The normalized spacial score (nSPS) is 11.3. The van der Waals surface area contributed by atoms with Gasteiger partial charge in [0.1, 0.15) is 0 Å². The zero-order valence-corrected chi connectivity index (χ0v) is 12.9. The van der Waals surface area contributed by atoms with Crippen molar-refractivity contribution in [1.82, 2.24) is 0 Å². The molecule has 2 aromatic rings. The molecule has 0 aliphatic heterocycles. The smallest absolute Gasteiger partial charge is 0.175 e. The topological polar surface area (TPSA) is 51.2 Å². The van der Waals surface area contributed by atoms with Gasteiger partial charge >= 0.3 is 0 Å². The van der Waals surface area contributed by atoms with Gasteiger partial charge in [-0.3, -0.25) is 4.79 Å². The lowest BCUT2D eigenvalue weighted by Gasteiger charge is -2.04. The second kappa shape index (κ2) is 5.99. The van der Waals surface area contributed by atoms with Gasteiger partial charge < -0.3 is 0 Å². The molecule has 2 rings (SSSR count). The van der Waals surface area contributed by atoms with Gasteiger partial charge in [0.2, 0.25) is 0 Å². The Labute approximate surface area is 126 Å². The maximum atomic E-state index is 11.4. The summed E-state index contributed by atoms with van der Waals surface area (Å²) in [5.74, 6) is 0. The van der Waals surface area contributed by atoms with E-state index in [9.17, 15) is 13.2 Å². The Hall–Kier alpha value is -1.30. The molecule has 0 atom stereocenters. The molecule has 0 heterocycles. The van der Waals surface area contributed by atoms with Crippen LogP contribution >= 0.6 is 23.4 Å². The zero-order valence-electron chi connectivity index (χ0n) is 10.5. The Morgan fingerprint density at radius 1 is 1.05 bits per heavy atom. The van der Waals surface area contributed by atoms with Gasteiger partial charge in [0.15, 0.2) is 16.1 Å². The highest BCUT2D eigenvalue weighted by Gasteiger charge is 2.07. The van der Waals surface area contributed by atoms with E-state index < -0.39 is 9.84 Å². The fourth-order valence-corrected chi connectivity index (χ4v) is 3.34. The highest BCUT2D eigenvalue weighted by Crippen LogP contribution is 2.31. The Morgan fingerprint density at radius 2 is 1.65 bits per heavy atom. The maximum Gasteiger partial charge on any atom is 0.175 e. The minimum absolute atomic E-state index is 0.288. The van der Waals surface area contributed by atoms with Crippen LogP contribution in [0.3, 0.4) is 0 Å². The molecule has 0 saturated carbocycles. The summed E-state index contributed by atoms with van der Waals surface area (Å²) in [6, 6.07) is 11.8. The highest BCUT2D eigenvalue weighted by atomic mass is 35.5. The molecule has 0 aromatic heterocycles. The lowest BCUT2D eigenvalue weighted by molar-refractivity contribution is 0.112. The van der Waals surface area contributed by atoms with Crippen LogP contribution in [-0.2, 0) is 9.84 Å². The van der Waals surface area contributed by atoms with Crippen molar-refractivity contribution in [2.24, 2.45) is 0 Å². The summed E-state index contributed by atoms with van der Waals surface area (Å²) in [6.45, 7) is 0. The number of aldehydes is 1. The number of carbonyl (C=O) groups excluding carboxylic acids is 1. The fourth-order valence-electron chi connectivity index (χ4n) is 1.56. The second-order valence-electron chi connectivity index (χ2n) is 4.15. The first-order valence-electron chi connectivity index (χ1n) is 5.63. The molecule has 0 aliphatic rings. The molecule has 0 aliphatic carbocycles.